The van der Waals surface area contributed by atoms with Gasteiger partial charge in [-0.15, -0.1) is 0 Å². The van der Waals surface area contributed by atoms with Gasteiger partial charge in [-0.25, -0.2) is 4.79 Å². The molecule has 4 heteroatoms. The van der Waals surface area contributed by atoms with Gasteiger partial charge in [-0.1, -0.05) is 25.1 Å². The first-order chi connectivity index (χ1) is 8.54. The SMILES string of the molecule is CC/C(OC(C)Oc1ccccc1)=C(/C)C(=O)O. The molecule has 0 saturated heterocycles. The number of aliphatic carboxylic acids is 1. The Morgan fingerprint density at radius 1 is 1.33 bits per heavy atom. The van der Waals surface area contributed by atoms with Gasteiger partial charge >= 0.3 is 5.97 Å². The van der Waals surface area contributed by atoms with Crippen molar-refractivity contribution in [2.45, 2.75) is 33.5 Å². The van der Waals surface area contributed by atoms with Crippen molar-refractivity contribution in [3.63, 3.8) is 0 Å². The van der Waals surface area contributed by atoms with Gasteiger partial charge in [0.2, 0.25) is 6.29 Å². The van der Waals surface area contributed by atoms with Gasteiger partial charge in [0.05, 0.1) is 5.57 Å². The largest absolute Gasteiger partial charge is 0.478 e. The third-order valence-corrected chi connectivity index (χ3v) is 2.41. The monoisotopic (exact) mass is 250 g/mol. The van der Waals surface area contributed by atoms with Crippen molar-refractivity contribution in [2.24, 2.45) is 0 Å². The lowest BCUT2D eigenvalue weighted by atomic mass is 10.2. The molecule has 4 nitrogen and oxygen atoms in total. The summed E-state index contributed by atoms with van der Waals surface area (Å²) in [5.74, 6) is 0.151. The summed E-state index contributed by atoms with van der Waals surface area (Å²) in [6.45, 7) is 5.10. The van der Waals surface area contributed by atoms with Gasteiger partial charge in [-0.2, -0.15) is 0 Å². The summed E-state index contributed by atoms with van der Waals surface area (Å²) in [7, 11) is 0. The zero-order chi connectivity index (χ0) is 13.5. The van der Waals surface area contributed by atoms with E-state index < -0.39 is 12.3 Å². The van der Waals surface area contributed by atoms with Gasteiger partial charge in [-0.05, 0) is 19.1 Å². The maximum Gasteiger partial charge on any atom is 0.334 e. The van der Waals surface area contributed by atoms with Crippen LogP contribution in [0.1, 0.15) is 27.2 Å². The van der Waals surface area contributed by atoms with Crippen LogP contribution in [0.4, 0.5) is 0 Å². The highest BCUT2D eigenvalue weighted by Gasteiger charge is 2.13. The van der Waals surface area contributed by atoms with E-state index in [2.05, 4.69) is 0 Å². The summed E-state index contributed by atoms with van der Waals surface area (Å²) >= 11 is 0. The Hall–Kier alpha value is -1.97. The Bertz CT molecular complexity index is 423. The van der Waals surface area contributed by atoms with E-state index in [9.17, 15) is 4.79 Å². The molecule has 0 aliphatic rings. The molecule has 0 aliphatic carbocycles. The van der Waals surface area contributed by atoms with Crippen LogP contribution in [0, 0.1) is 0 Å². The number of carboxylic acids is 1. The lowest BCUT2D eigenvalue weighted by Crippen LogP contribution is -2.17. The predicted molar refractivity (Wildman–Crippen MR) is 68.2 cm³/mol. The maximum atomic E-state index is 10.9. The van der Waals surface area contributed by atoms with Crippen LogP contribution in [0.15, 0.2) is 41.7 Å². The standard InChI is InChI=1S/C14H18O4/c1-4-13(10(2)14(15)16)18-11(3)17-12-8-6-5-7-9-12/h5-9,11H,4H2,1-3H3,(H,15,16)/b13-10+. The van der Waals surface area contributed by atoms with E-state index in [4.69, 9.17) is 14.6 Å². The molecule has 18 heavy (non-hydrogen) atoms. The molecule has 1 unspecified atom stereocenters. The first-order valence-corrected chi connectivity index (χ1v) is 5.86. The zero-order valence-electron chi connectivity index (χ0n) is 10.8. The fourth-order valence-corrected chi connectivity index (χ4v) is 1.47. The van der Waals surface area contributed by atoms with E-state index in [1.54, 1.807) is 6.92 Å². The number of para-hydroxylation sites is 1. The van der Waals surface area contributed by atoms with Gasteiger partial charge < -0.3 is 14.6 Å². The summed E-state index contributed by atoms with van der Waals surface area (Å²) in [4.78, 5) is 10.9. The Morgan fingerprint density at radius 2 is 1.94 bits per heavy atom. The summed E-state index contributed by atoms with van der Waals surface area (Å²) in [5, 5.41) is 8.91. The molecule has 1 aromatic rings. The minimum atomic E-state index is -0.973. The fourth-order valence-electron chi connectivity index (χ4n) is 1.47. The summed E-state index contributed by atoms with van der Waals surface area (Å²) < 4.78 is 11.0. The summed E-state index contributed by atoms with van der Waals surface area (Å²) in [6.07, 6.45) is -0.0164. The van der Waals surface area contributed by atoms with Crippen molar-refractivity contribution >= 4 is 5.97 Å². The number of allylic oxidation sites excluding steroid dienone is 1. The third kappa shape index (κ3) is 4.13. The first-order valence-electron chi connectivity index (χ1n) is 5.86. The molecule has 0 saturated carbocycles. The number of hydrogen-bond acceptors (Lipinski definition) is 3. The molecule has 98 valence electrons. The molecular weight excluding hydrogens is 232 g/mol. The molecule has 0 fully saturated rings. The molecule has 0 amide bonds. The average molecular weight is 250 g/mol. The van der Waals surface area contributed by atoms with Gasteiger partial charge in [0.15, 0.2) is 0 Å². The van der Waals surface area contributed by atoms with Gasteiger partial charge in [0, 0.05) is 13.3 Å². The number of ether oxygens (including phenoxy) is 2. The minimum Gasteiger partial charge on any atom is -0.478 e. The van der Waals surface area contributed by atoms with Crippen LogP contribution in [0.5, 0.6) is 5.75 Å². The molecule has 0 bridgehead atoms. The van der Waals surface area contributed by atoms with Gasteiger partial charge in [0.25, 0.3) is 0 Å². The van der Waals surface area contributed by atoms with Crippen LogP contribution < -0.4 is 4.74 Å². The number of carbonyl (C=O) groups is 1. The molecule has 1 atom stereocenters. The highest BCUT2D eigenvalue weighted by molar-refractivity contribution is 5.86. The molecule has 1 N–H and O–H groups in total. The second-order valence-electron chi connectivity index (χ2n) is 3.82. The van der Waals surface area contributed by atoms with Crippen molar-refractivity contribution in [2.75, 3.05) is 0 Å². The van der Waals surface area contributed by atoms with E-state index in [0.717, 1.165) is 0 Å². The average Bonchev–Trinajstić information content (AvgIpc) is 2.36. The zero-order valence-corrected chi connectivity index (χ0v) is 10.8. The maximum absolute atomic E-state index is 10.9. The third-order valence-electron chi connectivity index (χ3n) is 2.41. The minimum absolute atomic E-state index is 0.209. The Morgan fingerprint density at radius 3 is 2.44 bits per heavy atom. The van der Waals surface area contributed by atoms with Crippen LogP contribution >= 0.6 is 0 Å². The molecule has 0 radical (unpaired) electrons. The molecular formula is C14H18O4. The summed E-state index contributed by atoms with van der Waals surface area (Å²) in [6, 6.07) is 9.26. The van der Waals surface area contributed by atoms with E-state index in [-0.39, 0.29) is 5.57 Å². The molecule has 0 spiro atoms. The predicted octanol–water partition coefficient (Wildman–Crippen LogP) is 3.20. The quantitative estimate of drug-likeness (QED) is 0.478. The van der Waals surface area contributed by atoms with Crippen LogP contribution in [-0.4, -0.2) is 17.4 Å². The molecule has 1 rings (SSSR count). The molecule has 0 aromatic heterocycles. The number of hydrogen-bond donors (Lipinski definition) is 1. The Labute approximate surface area is 107 Å². The molecule has 0 heterocycles. The van der Waals surface area contributed by atoms with E-state index in [1.807, 2.05) is 37.3 Å². The van der Waals surface area contributed by atoms with Gasteiger partial charge in [-0.3, -0.25) is 0 Å². The molecule has 0 aliphatic heterocycles. The van der Waals surface area contributed by atoms with Crippen molar-refractivity contribution in [1.82, 2.24) is 0 Å². The highest BCUT2D eigenvalue weighted by Crippen LogP contribution is 2.17. The Balaban J connectivity index is 2.66. The van der Waals surface area contributed by atoms with Crippen molar-refractivity contribution in [3.05, 3.63) is 41.7 Å². The normalized spacial score (nSPS) is 13.5. The number of rotatable bonds is 6. The van der Waals surface area contributed by atoms with Crippen molar-refractivity contribution in [1.29, 1.82) is 0 Å². The topological polar surface area (TPSA) is 55.8 Å². The number of carboxylic acid groups (broad SMARTS) is 1. The van der Waals surface area contributed by atoms with Crippen molar-refractivity contribution < 1.29 is 19.4 Å². The van der Waals surface area contributed by atoms with E-state index in [0.29, 0.717) is 17.9 Å². The molecule has 1 aromatic carbocycles. The van der Waals surface area contributed by atoms with Crippen LogP contribution in [-0.2, 0) is 9.53 Å². The summed E-state index contributed by atoms with van der Waals surface area (Å²) in [5.41, 5.74) is 0.209. The first kappa shape index (κ1) is 14.1. The smallest absolute Gasteiger partial charge is 0.334 e. The number of benzene rings is 1. The highest BCUT2D eigenvalue weighted by atomic mass is 16.7. The van der Waals surface area contributed by atoms with Crippen LogP contribution in [0.25, 0.3) is 0 Å². The van der Waals surface area contributed by atoms with Crippen LogP contribution in [0.3, 0.4) is 0 Å². The van der Waals surface area contributed by atoms with E-state index in [1.165, 1.54) is 6.92 Å². The second-order valence-corrected chi connectivity index (χ2v) is 3.82. The Kier molecular flexibility index (Phi) is 5.24. The fraction of sp³-hybridized carbons (Fsp3) is 0.357. The van der Waals surface area contributed by atoms with E-state index >= 15 is 0 Å². The van der Waals surface area contributed by atoms with Crippen LogP contribution in [0.2, 0.25) is 0 Å². The van der Waals surface area contributed by atoms with Gasteiger partial charge in [0.1, 0.15) is 11.5 Å². The lowest BCUT2D eigenvalue weighted by Gasteiger charge is -2.19. The second kappa shape index (κ2) is 6.69. The lowest BCUT2D eigenvalue weighted by molar-refractivity contribution is -0.133. The van der Waals surface area contributed by atoms with Crippen molar-refractivity contribution in [3.8, 4) is 5.75 Å².